The molecule has 6 nitrogen and oxygen atoms in total. The second-order valence-corrected chi connectivity index (χ2v) is 4.51. The summed E-state index contributed by atoms with van der Waals surface area (Å²) in [5.74, 6) is 0.677. The van der Waals surface area contributed by atoms with Crippen molar-refractivity contribution in [3.63, 3.8) is 0 Å². The molecule has 19 heavy (non-hydrogen) atoms. The molecule has 1 N–H and O–H groups in total. The first kappa shape index (κ1) is 13.8. The van der Waals surface area contributed by atoms with Crippen LogP contribution in [0.4, 0.5) is 0 Å². The number of nitrogens with one attached hydrogen (secondary N) is 1. The number of hydrogen-bond donors (Lipinski definition) is 1. The van der Waals surface area contributed by atoms with Gasteiger partial charge in [-0.3, -0.25) is 14.7 Å². The average Bonchev–Trinajstić information content (AvgIpc) is 2.47. The molecule has 1 saturated heterocycles. The molecule has 0 spiro atoms. The van der Waals surface area contributed by atoms with Gasteiger partial charge in [0.1, 0.15) is 6.17 Å². The Hall–Kier alpha value is -1.66. The highest BCUT2D eigenvalue weighted by Crippen LogP contribution is 2.13. The quantitative estimate of drug-likeness (QED) is 0.584. The highest BCUT2D eigenvalue weighted by Gasteiger charge is 2.24. The lowest BCUT2D eigenvalue weighted by molar-refractivity contribution is 0.119. The van der Waals surface area contributed by atoms with Gasteiger partial charge < -0.3 is 4.90 Å². The number of piperazine rings is 1. The summed E-state index contributed by atoms with van der Waals surface area (Å²) in [7, 11) is 1.57. The van der Waals surface area contributed by atoms with Gasteiger partial charge in [-0.2, -0.15) is 0 Å². The number of aliphatic imine (C=N–C) groups is 2. The van der Waals surface area contributed by atoms with Crippen molar-refractivity contribution in [1.29, 1.82) is 0 Å². The smallest absolute Gasteiger partial charge is 0.164 e. The summed E-state index contributed by atoms with van der Waals surface area (Å²) in [6, 6.07) is 0. The van der Waals surface area contributed by atoms with Crippen LogP contribution in [0.5, 0.6) is 0 Å². The van der Waals surface area contributed by atoms with Crippen LogP contribution in [0.1, 0.15) is 0 Å². The van der Waals surface area contributed by atoms with Gasteiger partial charge in [-0.15, -0.1) is 0 Å². The summed E-state index contributed by atoms with van der Waals surface area (Å²) in [5, 5.41) is 0. The normalized spacial score (nSPS) is 23.9. The predicted octanol–water partition coefficient (Wildman–Crippen LogP) is 0.264. The lowest BCUT2D eigenvalue weighted by atomic mass is 10.2. The third kappa shape index (κ3) is 3.42. The highest BCUT2D eigenvalue weighted by molar-refractivity contribution is 6.29. The van der Waals surface area contributed by atoms with Crippen molar-refractivity contribution in [2.45, 2.75) is 6.17 Å². The molecule has 0 radical (unpaired) electrons. The molecule has 1 unspecified atom stereocenters. The van der Waals surface area contributed by atoms with E-state index >= 15 is 0 Å². The van der Waals surface area contributed by atoms with E-state index in [1.165, 1.54) is 0 Å². The third-order valence-electron chi connectivity index (χ3n) is 3.35. The zero-order valence-electron chi connectivity index (χ0n) is 11.4. The Bertz CT molecular complexity index is 396. The van der Waals surface area contributed by atoms with Gasteiger partial charge in [0.15, 0.2) is 5.84 Å². The topological polar surface area (TPSA) is 52.5 Å². The van der Waals surface area contributed by atoms with Crippen LogP contribution in [0, 0.1) is 0 Å². The average molecular weight is 263 g/mol. The molecule has 6 heteroatoms. The largest absolute Gasteiger partial charge is 0.369 e. The lowest BCUT2D eigenvalue weighted by Gasteiger charge is -2.39. The summed E-state index contributed by atoms with van der Waals surface area (Å²) in [5.41, 5.74) is 3.72. The van der Waals surface area contributed by atoms with Crippen molar-refractivity contribution >= 4 is 12.1 Å². The van der Waals surface area contributed by atoms with Gasteiger partial charge >= 0.3 is 0 Å². The Morgan fingerprint density at radius 2 is 2.21 bits per heavy atom. The molecule has 0 aromatic carbocycles. The van der Waals surface area contributed by atoms with Gasteiger partial charge in [0.2, 0.25) is 0 Å². The number of amidine groups is 1. The van der Waals surface area contributed by atoms with E-state index in [1.54, 1.807) is 19.4 Å². The van der Waals surface area contributed by atoms with Crippen molar-refractivity contribution in [3.05, 3.63) is 24.9 Å². The van der Waals surface area contributed by atoms with E-state index in [1.807, 2.05) is 0 Å². The Labute approximate surface area is 114 Å². The second-order valence-electron chi connectivity index (χ2n) is 4.51. The number of allylic oxidation sites excluding steroid dienone is 1. The number of hydroxylamine groups is 1. The zero-order valence-corrected chi connectivity index (χ0v) is 11.4. The first-order chi connectivity index (χ1) is 9.24. The minimum Gasteiger partial charge on any atom is -0.369 e. The first-order valence-electron chi connectivity index (χ1n) is 6.41. The van der Waals surface area contributed by atoms with E-state index in [4.69, 9.17) is 4.84 Å². The van der Waals surface area contributed by atoms with E-state index < -0.39 is 0 Å². The van der Waals surface area contributed by atoms with Gasteiger partial charge in [0.05, 0.1) is 19.9 Å². The fourth-order valence-corrected chi connectivity index (χ4v) is 2.26. The van der Waals surface area contributed by atoms with Crippen LogP contribution in [0.15, 0.2) is 34.9 Å². The summed E-state index contributed by atoms with van der Waals surface area (Å²) >= 11 is 0. The molecule has 104 valence electrons. The van der Waals surface area contributed by atoms with Crippen LogP contribution in [-0.4, -0.2) is 67.8 Å². The summed E-state index contributed by atoms with van der Waals surface area (Å²) in [6.45, 7) is 12.3. The van der Waals surface area contributed by atoms with Crippen molar-refractivity contribution < 1.29 is 4.84 Å². The van der Waals surface area contributed by atoms with Gasteiger partial charge in [-0.05, 0) is 6.08 Å². The molecule has 0 aromatic rings. The van der Waals surface area contributed by atoms with Crippen molar-refractivity contribution in [2.24, 2.45) is 9.98 Å². The van der Waals surface area contributed by atoms with Gasteiger partial charge in [-0.1, -0.05) is 13.2 Å². The molecule has 2 aliphatic heterocycles. The molecule has 0 amide bonds. The molecule has 2 aliphatic rings. The van der Waals surface area contributed by atoms with Crippen molar-refractivity contribution in [3.8, 4) is 0 Å². The lowest BCUT2D eigenvalue weighted by Crippen LogP contribution is -2.51. The van der Waals surface area contributed by atoms with Crippen LogP contribution in [0.25, 0.3) is 0 Å². The van der Waals surface area contributed by atoms with E-state index in [0.717, 1.165) is 31.9 Å². The molecule has 0 aliphatic carbocycles. The molecule has 0 saturated carbocycles. The van der Waals surface area contributed by atoms with E-state index in [0.29, 0.717) is 12.4 Å². The molecule has 1 fully saturated rings. The molecule has 2 heterocycles. The minimum atomic E-state index is 0.0989. The highest BCUT2D eigenvalue weighted by atomic mass is 16.6. The Morgan fingerprint density at radius 3 is 2.84 bits per heavy atom. The van der Waals surface area contributed by atoms with Crippen LogP contribution in [-0.2, 0) is 4.84 Å². The van der Waals surface area contributed by atoms with Gasteiger partial charge in [0, 0.05) is 31.9 Å². The Morgan fingerprint density at radius 1 is 1.47 bits per heavy atom. The standard InChI is InChI=1S/C13H21N5O/c1-4-11(2)17-5-7-18(8-6-17)13-10-14-9-12(15-13)16-19-3/h4,9,13H,1-2,5-8,10H2,3H3,(H,15,16). The summed E-state index contributed by atoms with van der Waals surface area (Å²) < 4.78 is 0. The van der Waals surface area contributed by atoms with E-state index in [2.05, 4.69) is 38.4 Å². The number of hydrogen-bond acceptors (Lipinski definition) is 6. The fourth-order valence-electron chi connectivity index (χ4n) is 2.26. The van der Waals surface area contributed by atoms with Crippen LogP contribution in [0.2, 0.25) is 0 Å². The predicted molar refractivity (Wildman–Crippen MR) is 77.2 cm³/mol. The maximum atomic E-state index is 4.86. The monoisotopic (exact) mass is 263 g/mol. The van der Waals surface area contributed by atoms with Crippen molar-refractivity contribution in [2.75, 3.05) is 39.8 Å². The zero-order chi connectivity index (χ0) is 13.7. The third-order valence-corrected chi connectivity index (χ3v) is 3.35. The number of nitrogens with zero attached hydrogens (tertiary/aromatic N) is 4. The maximum Gasteiger partial charge on any atom is 0.164 e. The molecule has 1 atom stereocenters. The molecule has 2 rings (SSSR count). The molecular weight excluding hydrogens is 242 g/mol. The SMILES string of the molecule is C=CC(=C)N1CCN(C2CN=CC(NOC)=N2)CC1. The van der Waals surface area contributed by atoms with Crippen LogP contribution < -0.4 is 5.48 Å². The minimum absolute atomic E-state index is 0.0989. The van der Waals surface area contributed by atoms with E-state index in [9.17, 15) is 0 Å². The summed E-state index contributed by atoms with van der Waals surface area (Å²) in [6.07, 6.45) is 3.61. The molecule has 0 aromatic heterocycles. The first-order valence-corrected chi connectivity index (χ1v) is 6.41. The number of rotatable bonds is 4. The fraction of sp³-hybridized carbons (Fsp3) is 0.538. The van der Waals surface area contributed by atoms with Crippen LogP contribution >= 0.6 is 0 Å². The van der Waals surface area contributed by atoms with Gasteiger partial charge in [-0.25, -0.2) is 10.5 Å². The van der Waals surface area contributed by atoms with Gasteiger partial charge in [0.25, 0.3) is 0 Å². The van der Waals surface area contributed by atoms with E-state index in [-0.39, 0.29) is 6.17 Å². The molecular formula is C13H21N5O. The Balaban J connectivity index is 1.89. The Kier molecular flexibility index (Phi) is 4.70. The second kappa shape index (κ2) is 6.49. The maximum absolute atomic E-state index is 4.86. The summed E-state index contributed by atoms with van der Waals surface area (Å²) in [4.78, 5) is 18.3. The molecule has 0 bridgehead atoms. The van der Waals surface area contributed by atoms with Crippen molar-refractivity contribution in [1.82, 2.24) is 15.3 Å². The van der Waals surface area contributed by atoms with Crippen LogP contribution in [0.3, 0.4) is 0 Å².